The van der Waals surface area contributed by atoms with E-state index in [1.165, 1.54) is 38.5 Å². The molecule has 3 nitrogen and oxygen atoms in total. The van der Waals surface area contributed by atoms with Crippen molar-refractivity contribution in [2.75, 3.05) is 0 Å². The second kappa shape index (κ2) is 3.90. The van der Waals surface area contributed by atoms with Crippen LogP contribution in [0.5, 0.6) is 0 Å². The number of carbonyl (C=O) groups is 1. The Kier molecular flexibility index (Phi) is 2.49. The molecule has 3 heteroatoms. The largest absolute Gasteiger partial charge is 0.367 e. The van der Waals surface area contributed by atoms with Gasteiger partial charge in [0, 0.05) is 17.9 Å². The number of carbonyl (C=O) groups excluding carboxylic acids is 1. The quantitative estimate of drug-likeness (QED) is 0.827. The number of hydrogen-bond acceptors (Lipinski definition) is 1. The van der Waals surface area contributed by atoms with Crippen LogP contribution < -0.4 is 5.32 Å². The van der Waals surface area contributed by atoms with Crippen LogP contribution in [0.15, 0.2) is 12.4 Å². The fourth-order valence-electron chi connectivity index (χ4n) is 3.13. The maximum atomic E-state index is 12.2. The first-order valence-electron chi connectivity index (χ1n) is 6.67. The predicted molar refractivity (Wildman–Crippen MR) is 66.9 cm³/mol. The molecule has 0 spiro atoms. The second-order valence-electron chi connectivity index (χ2n) is 5.64. The van der Waals surface area contributed by atoms with Gasteiger partial charge < -0.3 is 10.3 Å². The molecule has 0 atom stereocenters. The zero-order chi connectivity index (χ0) is 11.9. The van der Waals surface area contributed by atoms with Gasteiger partial charge in [-0.1, -0.05) is 6.42 Å². The number of nitrogens with one attached hydrogen (secondary N) is 2. The molecule has 0 bridgehead atoms. The van der Waals surface area contributed by atoms with Gasteiger partial charge in [-0.3, -0.25) is 4.79 Å². The molecular formula is C14H20N2O. The highest BCUT2D eigenvalue weighted by Crippen LogP contribution is 2.47. The van der Waals surface area contributed by atoms with Gasteiger partial charge in [0.25, 0.3) is 5.91 Å². The van der Waals surface area contributed by atoms with Gasteiger partial charge in [-0.15, -0.1) is 0 Å². The van der Waals surface area contributed by atoms with Gasteiger partial charge in [0.15, 0.2) is 0 Å². The molecule has 1 heterocycles. The molecule has 1 aromatic heterocycles. The molecule has 1 aromatic rings. The number of aromatic nitrogens is 1. The summed E-state index contributed by atoms with van der Waals surface area (Å²) in [4.78, 5) is 15.2. The Bertz CT molecular complexity index is 427. The molecule has 0 radical (unpaired) electrons. The minimum atomic E-state index is 0.107. The molecule has 2 saturated carbocycles. The SMILES string of the molecule is Cc1c[nH]cc1C(=O)NC1(C2CCC2)CCC1. The Labute approximate surface area is 102 Å². The predicted octanol–water partition coefficient (Wildman–Crippen LogP) is 2.78. The van der Waals surface area contributed by atoms with Crippen LogP contribution >= 0.6 is 0 Å². The van der Waals surface area contributed by atoms with Crippen LogP contribution in [0.25, 0.3) is 0 Å². The lowest BCUT2D eigenvalue weighted by molar-refractivity contribution is 0.0429. The summed E-state index contributed by atoms with van der Waals surface area (Å²) in [6.07, 6.45) is 11.2. The molecule has 0 aromatic carbocycles. The highest BCUT2D eigenvalue weighted by atomic mass is 16.1. The lowest BCUT2D eigenvalue weighted by atomic mass is 9.61. The molecule has 92 valence electrons. The molecule has 17 heavy (non-hydrogen) atoms. The molecule has 1 amide bonds. The zero-order valence-corrected chi connectivity index (χ0v) is 10.4. The van der Waals surface area contributed by atoms with Gasteiger partial charge in [-0.2, -0.15) is 0 Å². The molecule has 0 aliphatic heterocycles. The Hall–Kier alpha value is -1.25. The second-order valence-corrected chi connectivity index (χ2v) is 5.64. The Morgan fingerprint density at radius 1 is 1.35 bits per heavy atom. The first-order valence-corrected chi connectivity index (χ1v) is 6.67. The molecule has 2 aliphatic rings. The Balaban J connectivity index is 1.73. The van der Waals surface area contributed by atoms with Crippen LogP contribution in [-0.4, -0.2) is 16.4 Å². The average Bonchev–Trinajstić information content (AvgIpc) is 2.58. The van der Waals surface area contributed by atoms with Crippen LogP contribution in [0.1, 0.15) is 54.4 Å². The maximum Gasteiger partial charge on any atom is 0.253 e. The van der Waals surface area contributed by atoms with Crippen LogP contribution in [-0.2, 0) is 0 Å². The molecular weight excluding hydrogens is 212 g/mol. The minimum Gasteiger partial charge on any atom is -0.367 e. The van der Waals surface area contributed by atoms with Crippen molar-refractivity contribution in [3.8, 4) is 0 Å². The summed E-state index contributed by atoms with van der Waals surface area (Å²) in [5.74, 6) is 0.842. The third kappa shape index (κ3) is 1.68. The van der Waals surface area contributed by atoms with Gasteiger partial charge in [-0.05, 0) is 50.5 Å². The van der Waals surface area contributed by atoms with Crippen LogP contribution in [0, 0.1) is 12.8 Å². The van der Waals surface area contributed by atoms with E-state index in [-0.39, 0.29) is 11.4 Å². The van der Waals surface area contributed by atoms with Crippen molar-refractivity contribution in [3.63, 3.8) is 0 Å². The summed E-state index contributed by atoms with van der Waals surface area (Å²) < 4.78 is 0. The first-order chi connectivity index (χ1) is 8.21. The van der Waals surface area contributed by atoms with E-state index < -0.39 is 0 Å². The van der Waals surface area contributed by atoms with Crippen LogP contribution in [0.2, 0.25) is 0 Å². The Morgan fingerprint density at radius 2 is 2.12 bits per heavy atom. The van der Waals surface area contributed by atoms with E-state index >= 15 is 0 Å². The van der Waals surface area contributed by atoms with E-state index in [4.69, 9.17) is 0 Å². The summed E-state index contributed by atoms with van der Waals surface area (Å²) in [6.45, 7) is 1.97. The summed E-state index contributed by atoms with van der Waals surface area (Å²) in [6, 6.07) is 0. The minimum absolute atomic E-state index is 0.107. The van der Waals surface area contributed by atoms with E-state index in [0.717, 1.165) is 17.0 Å². The number of amides is 1. The molecule has 0 saturated heterocycles. The number of hydrogen-bond donors (Lipinski definition) is 2. The number of aromatic amines is 1. The highest BCUT2D eigenvalue weighted by Gasteiger charge is 2.47. The smallest absolute Gasteiger partial charge is 0.253 e. The van der Waals surface area contributed by atoms with E-state index in [2.05, 4.69) is 10.3 Å². The van der Waals surface area contributed by atoms with Crippen LogP contribution in [0.4, 0.5) is 0 Å². The summed E-state index contributed by atoms with van der Waals surface area (Å²) in [7, 11) is 0. The number of aryl methyl sites for hydroxylation is 1. The van der Waals surface area contributed by atoms with Crippen molar-refractivity contribution >= 4 is 5.91 Å². The first kappa shape index (κ1) is 10.9. The number of rotatable bonds is 3. The summed E-state index contributed by atoms with van der Waals surface area (Å²) in [5, 5.41) is 3.32. The van der Waals surface area contributed by atoms with E-state index in [0.29, 0.717) is 0 Å². The van der Waals surface area contributed by atoms with Gasteiger partial charge in [0.2, 0.25) is 0 Å². The lowest BCUT2D eigenvalue weighted by Crippen LogP contribution is -2.60. The molecule has 2 N–H and O–H groups in total. The molecule has 2 aliphatic carbocycles. The van der Waals surface area contributed by atoms with Crippen LogP contribution in [0.3, 0.4) is 0 Å². The Morgan fingerprint density at radius 3 is 2.53 bits per heavy atom. The van der Waals surface area contributed by atoms with Crippen molar-refractivity contribution in [2.45, 2.75) is 51.0 Å². The van der Waals surface area contributed by atoms with Gasteiger partial charge >= 0.3 is 0 Å². The van der Waals surface area contributed by atoms with Gasteiger partial charge in [-0.25, -0.2) is 0 Å². The normalized spacial score (nSPS) is 22.6. The third-order valence-electron chi connectivity index (χ3n) is 4.69. The fourth-order valence-corrected chi connectivity index (χ4v) is 3.13. The van der Waals surface area contributed by atoms with Crippen molar-refractivity contribution in [2.24, 2.45) is 5.92 Å². The topological polar surface area (TPSA) is 44.9 Å². The molecule has 0 unspecified atom stereocenters. The summed E-state index contributed by atoms with van der Waals surface area (Å²) >= 11 is 0. The van der Waals surface area contributed by atoms with Crippen molar-refractivity contribution in [3.05, 3.63) is 23.5 Å². The van der Waals surface area contributed by atoms with E-state index in [1.54, 1.807) is 6.20 Å². The van der Waals surface area contributed by atoms with Crippen molar-refractivity contribution < 1.29 is 4.79 Å². The molecule has 3 rings (SSSR count). The number of H-pyrrole nitrogens is 1. The van der Waals surface area contributed by atoms with Gasteiger partial charge in [0.05, 0.1) is 5.56 Å². The third-order valence-corrected chi connectivity index (χ3v) is 4.69. The average molecular weight is 232 g/mol. The molecule has 2 fully saturated rings. The monoisotopic (exact) mass is 232 g/mol. The maximum absolute atomic E-state index is 12.2. The van der Waals surface area contributed by atoms with Crippen molar-refractivity contribution in [1.82, 2.24) is 10.3 Å². The standard InChI is InChI=1S/C14H20N2O/c1-10-8-15-9-12(10)13(17)16-14(6-3-7-14)11-4-2-5-11/h8-9,11,15H,2-7H2,1H3,(H,16,17). The zero-order valence-electron chi connectivity index (χ0n) is 10.4. The van der Waals surface area contributed by atoms with E-state index in [1.807, 2.05) is 13.1 Å². The lowest BCUT2D eigenvalue weighted by Gasteiger charge is -2.52. The highest BCUT2D eigenvalue weighted by molar-refractivity contribution is 5.96. The fraction of sp³-hybridized carbons (Fsp3) is 0.643. The summed E-state index contributed by atoms with van der Waals surface area (Å²) in [5.41, 5.74) is 1.97. The van der Waals surface area contributed by atoms with E-state index in [9.17, 15) is 4.79 Å². The van der Waals surface area contributed by atoms with Gasteiger partial charge in [0.1, 0.15) is 0 Å². The van der Waals surface area contributed by atoms with Crippen molar-refractivity contribution in [1.29, 1.82) is 0 Å².